The van der Waals surface area contributed by atoms with Crippen LogP contribution in [0.3, 0.4) is 0 Å². The number of rotatable bonds is 8. The van der Waals surface area contributed by atoms with Gasteiger partial charge in [0.05, 0.1) is 10.0 Å². The van der Waals surface area contributed by atoms with Gasteiger partial charge in [0.25, 0.3) is 11.8 Å². The van der Waals surface area contributed by atoms with Gasteiger partial charge in [0, 0.05) is 53.8 Å². The summed E-state index contributed by atoms with van der Waals surface area (Å²) in [7, 11) is 0. The second-order valence-corrected chi connectivity index (χ2v) is 12.6. The van der Waals surface area contributed by atoms with Gasteiger partial charge in [-0.1, -0.05) is 59.1 Å². The van der Waals surface area contributed by atoms with E-state index in [-0.39, 0.29) is 23.3 Å². The summed E-state index contributed by atoms with van der Waals surface area (Å²) in [6, 6.07) is 22.7. The van der Waals surface area contributed by atoms with E-state index >= 15 is 0 Å². The van der Waals surface area contributed by atoms with Gasteiger partial charge in [-0.3, -0.25) is 9.59 Å². The predicted molar refractivity (Wildman–Crippen MR) is 167 cm³/mol. The van der Waals surface area contributed by atoms with Crippen molar-refractivity contribution >= 4 is 46.6 Å². The molecule has 2 amide bonds. The summed E-state index contributed by atoms with van der Waals surface area (Å²) >= 11 is 18.7. The van der Waals surface area contributed by atoms with Crippen molar-refractivity contribution < 1.29 is 9.59 Å². The monoisotopic (exact) mass is 611 g/mol. The standard InChI is InChI=1S/C33H36Cl3N3O2/c34-27-11-8-24(9-12-27)31(40)37-28-14-20-38(21-15-28)18-4-16-33(26-10-13-29(35)30(36)22-26)17-5-19-39(23-33)32(41)25-6-2-1-3-7-25/h1-3,6-13,22,28H,4-5,14-21,23H2,(H,37,40)/t33-/m0/s1. The van der Waals surface area contributed by atoms with E-state index in [1.54, 1.807) is 24.3 Å². The van der Waals surface area contributed by atoms with Gasteiger partial charge in [-0.15, -0.1) is 0 Å². The lowest BCUT2D eigenvalue weighted by molar-refractivity contribution is 0.0619. The third kappa shape index (κ3) is 7.45. The predicted octanol–water partition coefficient (Wildman–Crippen LogP) is 7.50. The highest BCUT2D eigenvalue weighted by Gasteiger charge is 2.39. The quantitative estimate of drug-likeness (QED) is 0.287. The second kappa shape index (κ2) is 13.6. The molecule has 0 aromatic heterocycles. The van der Waals surface area contributed by atoms with Crippen molar-refractivity contribution in [3.8, 4) is 0 Å². The number of nitrogens with one attached hydrogen (secondary N) is 1. The van der Waals surface area contributed by atoms with Crippen LogP contribution in [-0.4, -0.2) is 60.4 Å². The number of carbonyl (C=O) groups excluding carboxylic acids is 2. The Morgan fingerprint density at radius 1 is 0.854 bits per heavy atom. The lowest BCUT2D eigenvalue weighted by atomic mass is 9.71. The molecule has 1 N–H and O–H groups in total. The smallest absolute Gasteiger partial charge is 0.253 e. The molecule has 0 bridgehead atoms. The van der Waals surface area contributed by atoms with E-state index in [1.807, 2.05) is 47.4 Å². The second-order valence-electron chi connectivity index (χ2n) is 11.3. The molecule has 2 saturated heterocycles. The first kappa shape index (κ1) is 29.9. The van der Waals surface area contributed by atoms with Gasteiger partial charge >= 0.3 is 0 Å². The van der Waals surface area contributed by atoms with Gasteiger partial charge in [0.2, 0.25) is 0 Å². The highest BCUT2D eigenvalue weighted by Crippen LogP contribution is 2.41. The molecule has 0 spiro atoms. The van der Waals surface area contributed by atoms with Crippen LogP contribution in [0.2, 0.25) is 15.1 Å². The Kier molecular flexibility index (Phi) is 9.92. The first-order chi connectivity index (χ1) is 19.8. The highest BCUT2D eigenvalue weighted by atomic mass is 35.5. The largest absolute Gasteiger partial charge is 0.349 e. The lowest BCUT2D eigenvalue weighted by Crippen LogP contribution is -2.49. The van der Waals surface area contributed by atoms with Crippen LogP contribution in [-0.2, 0) is 5.41 Å². The van der Waals surface area contributed by atoms with Crippen molar-refractivity contribution in [2.45, 2.75) is 50.0 Å². The minimum Gasteiger partial charge on any atom is -0.349 e. The molecule has 0 saturated carbocycles. The minimum absolute atomic E-state index is 0.0458. The summed E-state index contributed by atoms with van der Waals surface area (Å²) in [5, 5.41) is 4.90. The van der Waals surface area contributed by atoms with Gasteiger partial charge in [-0.05, 0) is 99.2 Å². The van der Waals surface area contributed by atoms with Gasteiger partial charge < -0.3 is 15.1 Å². The summed E-state index contributed by atoms with van der Waals surface area (Å²) in [4.78, 5) is 30.5. The summed E-state index contributed by atoms with van der Waals surface area (Å²) in [5.74, 6) is 0.0352. The first-order valence-corrected chi connectivity index (χ1v) is 15.5. The molecule has 0 unspecified atom stereocenters. The van der Waals surface area contributed by atoms with Crippen molar-refractivity contribution in [3.05, 3.63) is 105 Å². The fourth-order valence-corrected chi connectivity index (χ4v) is 6.71. The average molecular weight is 613 g/mol. The summed E-state index contributed by atoms with van der Waals surface area (Å²) in [5.41, 5.74) is 2.34. The summed E-state index contributed by atoms with van der Waals surface area (Å²) < 4.78 is 0. The van der Waals surface area contributed by atoms with Crippen LogP contribution in [0.5, 0.6) is 0 Å². The zero-order chi connectivity index (χ0) is 28.8. The number of piperidine rings is 2. The molecule has 8 heteroatoms. The number of hydrogen-bond donors (Lipinski definition) is 1. The summed E-state index contributed by atoms with van der Waals surface area (Å²) in [6.45, 7) is 4.30. The molecule has 216 valence electrons. The van der Waals surface area contributed by atoms with Gasteiger partial charge in [0.1, 0.15) is 0 Å². The summed E-state index contributed by atoms with van der Waals surface area (Å²) in [6.07, 6.45) is 5.76. The molecular weight excluding hydrogens is 577 g/mol. The van der Waals surface area contributed by atoms with Crippen LogP contribution < -0.4 is 5.32 Å². The van der Waals surface area contributed by atoms with Crippen LogP contribution in [0.4, 0.5) is 0 Å². The van der Waals surface area contributed by atoms with Crippen molar-refractivity contribution in [3.63, 3.8) is 0 Å². The molecule has 2 aliphatic heterocycles. The number of likely N-dealkylation sites (tertiary alicyclic amines) is 2. The molecule has 1 atom stereocenters. The Bertz CT molecular complexity index is 1340. The highest BCUT2D eigenvalue weighted by molar-refractivity contribution is 6.42. The number of carbonyl (C=O) groups is 2. The minimum atomic E-state index is -0.179. The van der Waals surface area contributed by atoms with Crippen molar-refractivity contribution in [2.24, 2.45) is 0 Å². The Morgan fingerprint density at radius 2 is 1.59 bits per heavy atom. The first-order valence-electron chi connectivity index (χ1n) is 14.4. The Hall–Kier alpha value is -2.57. The van der Waals surface area contributed by atoms with E-state index in [4.69, 9.17) is 34.8 Å². The lowest BCUT2D eigenvalue weighted by Gasteiger charge is -2.44. The third-order valence-electron chi connectivity index (χ3n) is 8.58. The Balaban J connectivity index is 1.20. The van der Waals surface area contributed by atoms with Crippen molar-refractivity contribution in [1.29, 1.82) is 0 Å². The third-order valence-corrected chi connectivity index (χ3v) is 9.57. The molecule has 5 rings (SSSR count). The van der Waals surface area contributed by atoms with Crippen LogP contribution in [0, 0.1) is 0 Å². The molecule has 3 aromatic rings. The van der Waals surface area contributed by atoms with Gasteiger partial charge in [0.15, 0.2) is 0 Å². The van der Waals surface area contributed by atoms with Crippen LogP contribution in [0.1, 0.15) is 64.8 Å². The fourth-order valence-electron chi connectivity index (χ4n) is 6.29. The van der Waals surface area contributed by atoms with Gasteiger partial charge in [-0.2, -0.15) is 0 Å². The van der Waals surface area contributed by atoms with E-state index in [0.717, 1.165) is 75.8 Å². The maximum Gasteiger partial charge on any atom is 0.253 e. The molecule has 2 aliphatic rings. The SMILES string of the molecule is O=C(NC1CCN(CCC[C@]2(c3ccc(Cl)c(Cl)c3)CCCN(C(=O)c3ccccc3)C2)CC1)c1ccc(Cl)cc1. The molecule has 2 fully saturated rings. The molecule has 5 nitrogen and oxygen atoms in total. The molecule has 0 aliphatic carbocycles. The average Bonchev–Trinajstić information content (AvgIpc) is 3.00. The molecule has 0 radical (unpaired) electrons. The van der Waals surface area contributed by atoms with E-state index < -0.39 is 0 Å². The molecular formula is C33H36Cl3N3O2. The molecule has 41 heavy (non-hydrogen) atoms. The van der Waals surface area contributed by atoms with Crippen molar-refractivity contribution in [1.82, 2.24) is 15.1 Å². The van der Waals surface area contributed by atoms with E-state index in [2.05, 4.69) is 16.3 Å². The van der Waals surface area contributed by atoms with E-state index in [0.29, 0.717) is 27.2 Å². The number of hydrogen-bond acceptors (Lipinski definition) is 3. The Labute approximate surface area is 257 Å². The van der Waals surface area contributed by atoms with Gasteiger partial charge in [-0.25, -0.2) is 0 Å². The number of halogens is 3. The number of nitrogens with zero attached hydrogens (tertiary/aromatic N) is 2. The molecule has 3 aromatic carbocycles. The zero-order valence-electron chi connectivity index (χ0n) is 23.1. The number of benzene rings is 3. The van der Waals surface area contributed by atoms with E-state index in [1.165, 1.54) is 0 Å². The normalized spacial score (nSPS) is 20.1. The Morgan fingerprint density at radius 3 is 2.29 bits per heavy atom. The van der Waals surface area contributed by atoms with Crippen LogP contribution >= 0.6 is 34.8 Å². The maximum absolute atomic E-state index is 13.4. The topological polar surface area (TPSA) is 52.7 Å². The van der Waals surface area contributed by atoms with Crippen LogP contribution in [0.25, 0.3) is 0 Å². The van der Waals surface area contributed by atoms with Crippen molar-refractivity contribution in [2.75, 3.05) is 32.7 Å². The molecule has 2 heterocycles. The maximum atomic E-state index is 13.4. The van der Waals surface area contributed by atoms with E-state index in [9.17, 15) is 9.59 Å². The fraction of sp³-hybridized carbons (Fsp3) is 0.394. The number of amides is 2. The van der Waals surface area contributed by atoms with Crippen LogP contribution in [0.15, 0.2) is 72.8 Å². The zero-order valence-corrected chi connectivity index (χ0v) is 25.4.